The molecule has 0 saturated carbocycles. The van der Waals surface area contributed by atoms with Gasteiger partial charge < -0.3 is 14.8 Å². The van der Waals surface area contributed by atoms with Crippen molar-refractivity contribution in [3.05, 3.63) is 43.0 Å². The van der Waals surface area contributed by atoms with Crippen molar-refractivity contribution in [3.63, 3.8) is 0 Å². The van der Waals surface area contributed by atoms with E-state index >= 15 is 0 Å². The molecule has 0 aliphatic carbocycles. The molecule has 1 aromatic heterocycles. The minimum atomic E-state index is 0.517. The molecule has 1 aliphatic heterocycles. The standard InChI is InChI=1S/C14H18N4/c1-12-10-16-13-4-2-3-5-14(13)18(12)9-8-17-7-6-15-11-17/h2-7,11-12,16H,8-10H2,1H3. The number of anilines is 2. The Labute approximate surface area is 107 Å². The van der Waals surface area contributed by atoms with Gasteiger partial charge in [0.15, 0.2) is 0 Å². The molecule has 0 spiro atoms. The first-order valence-electron chi connectivity index (χ1n) is 6.40. The molecule has 0 fully saturated rings. The van der Waals surface area contributed by atoms with Crippen LogP contribution in [0.15, 0.2) is 43.0 Å². The zero-order valence-corrected chi connectivity index (χ0v) is 10.6. The summed E-state index contributed by atoms with van der Waals surface area (Å²) >= 11 is 0. The summed E-state index contributed by atoms with van der Waals surface area (Å²) in [6, 6.07) is 9.03. The van der Waals surface area contributed by atoms with Crippen LogP contribution in [0.4, 0.5) is 11.4 Å². The third kappa shape index (κ3) is 2.06. The predicted molar refractivity (Wildman–Crippen MR) is 74.0 cm³/mol. The van der Waals surface area contributed by atoms with Crippen molar-refractivity contribution in [3.8, 4) is 0 Å². The maximum Gasteiger partial charge on any atom is 0.0946 e. The summed E-state index contributed by atoms with van der Waals surface area (Å²) in [5, 5.41) is 3.47. The van der Waals surface area contributed by atoms with Crippen molar-refractivity contribution < 1.29 is 0 Å². The van der Waals surface area contributed by atoms with Crippen LogP contribution in [-0.4, -0.2) is 28.7 Å². The summed E-state index contributed by atoms with van der Waals surface area (Å²) in [4.78, 5) is 6.55. The smallest absolute Gasteiger partial charge is 0.0946 e. The Morgan fingerprint density at radius 3 is 3.06 bits per heavy atom. The Bertz CT molecular complexity index is 506. The summed E-state index contributed by atoms with van der Waals surface area (Å²) < 4.78 is 2.12. The van der Waals surface area contributed by atoms with Crippen LogP contribution >= 0.6 is 0 Å². The number of fused-ring (bicyclic) bond motifs is 1. The summed E-state index contributed by atoms with van der Waals surface area (Å²) in [7, 11) is 0. The van der Waals surface area contributed by atoms with Crippen LogP contribution in [0.5, 0.6) is 0 Å². The molecule has 1 atom stereocenters. The molecule has 1 aliphatic rings. The van der Waals surface area contributed by atoms with Crippen molar-refractivity contribution in [1.29, 1.82) is 0 Å². The van der Waals surface area contributed by atoms with E-state index in [2.05, 4.69) is 51.0 Å². The van der Waals surface area contributed by atoms with Crippen molar-refractivity contribution in [2.75, 3.05) is 23.3 Å². The monoisotopic (exact) mass is 242 g/mol. The van der Waals surface area contributed by atoms with Crippen LogP contribution in [0.1, 0.15) is 6.92 Å². The molecular formula is C14H18N4. The minimum Gasteiger partial charge on any atom is -0.381 e. The summed E-state index contributed by atoms with van der Waals surface area (Å²) in [5.41, 5.74) is 2.54. The Morgan fingerprint density at radius 2 is 2.22 bits per heavy atom. The van der Waals surface area contributed by atoms with Crippen LogP contribution in [0.2, 0.25) is 0 Å². The van der Waals surface area contributed by atoms with Crippen LogP contribution in [-0.2, 0) is 6.54 Å². The van der Waals surface area contributed by atoms with E-state index in [9.17, 15) is 0 Å². The SMILES string of the molecule is CC1CNc2ccccc2N1CCn1ccnc1. The second-order valence-corrected chi connectivity index (χ2v) is 4.74. The molecule has 0 bridgehead atoms. The lowest BCUT2D eigenvalue weighted by Crippen LogP contribution is -2.43. The van der Waals surface area contributed by atoms with Gasteiger partial charge in [0, 0.05) is 38.1 Å². The third-order valence-electron chi connectivity index (χ3n) is 3.49. The highest BCUT2D eigenvalue weighted by atomic mass is 15.2. The van der Waals surface area contributed by atoms with Crippen molar-refractivity contribution in [2.45, 2.75) is 19.5 Å². The van der Waals surface area contributed by atoms with E-state index in [1.54, 1.807) is 0 Å². The highest BCUT2D eigenvalue weighted by molar-refractivity contribution is 5.72. The molecular weight excluding hydrogens is 224 g/mol. The Balaban J connectivity index is 1.78. The minimum absolute atomic E-state index is 0.517. The lowest BCUT2D eigenvalue weighted by Gasteiger charge is -2.37. The second-order valence-electron chi connectivity index (χ2n) is 4.74. The third-order valence-corrected chi connectivity index (χ3v) is 3.49. The maximum absolute atomic E-state index is 4.08. The van der Waals surface area contributed by atoms with Crippen molar-refractivity contribution in [1.82, 2.24) is 9.55 Å². The van der Waals surface area contributed by atoms with Gasteiger partial charge in [-0.2, -0.15) is 0 Å². The van der Waals surface area contributed by atoms with Gasteiger partial charge in [-0.25, -0.2) is 4.98 Å². The molecule has 3 rings (SSSR count). The highest BCUT2D eigenvalue weighted by Gasteiger charge is 2.21. The van der Waals surface area contributed by atoms with Gasteiger partial charge in [0.1, 0.15) is 0 Å². The molecule has 18 heavy (non-hydrogen) atoms. The number of para-hydroxylation sites is 2. The van der Waals surface area contributed by atoms with Gasteiger partial charge in [0.25, 0.3) is 0 Å². The lowest BCUT2D eigenvalue weighted by molar-refractivity contribution is 0.588. The fourth-order valence-electron chi connectivity index (χ4n) is 2.46. The van der Waals surface area contributed by atoms with Gasteiger partial charge >= 0.3 is 0 Å². The number of aromatic nitrogens is 2. The van der Waals surface area contributed by atoms with E-state index in [-0.39, 0.29) is 0 Å². The normalized spacial score (nSPS) is 18.3. The molecule has 4 heteroatoms. The van der Waals surface area contributed by atoms with Crippen LogP contribution in [0.25, 0.3) is 0 Å². The summed E-state index contributed by atoms with van der Waals surface area (Å²) in [6.07, 6.45) is 5.71. The van der Waals surface area contributed by atoms with Crippen LogP contribution in [0, 0.1) is 0 Å². The Hall–Kier alpha value is -1.97. The van der Waals surface area contributed by atoms with Gasteiger partial charge in [-0.05, 0) is 19.1 Å². The first kappa shape index (κ1) is 11.1. The van der Waals surface area contributed by atoms with Crippen LogP contribution < -0.4 is 10.2 Å². The van der Waals surface area contributed by atoms with Gasteiger partial charge in [-0.3, -0.25) is 0 Å². The quantitative estimate of drug-likeness (QED) is 0.895. The first-order chi connectivity index (χ1) is 8.84. The van der Waals surface area contributed by atoms with E-state index in [0.29, 0.717) is 6.04 Å². The van der Waals surface area contributed by atoms with E-state index in [4.69, 9.17) is 0 Å². The molecule has 1 unspecified atom stereocenters. The van der Waals surface area contributed by atoms with Crippen molar-refractivity contribution >= 4 is 11.4 Å². The van der Waals surface area contributed by atoms with E-state index in [1.165, 1.54) is 11.4 Å². The highest BCUT2D eigenvalue weighted by Crippen LogP contribution is 2.30. The summed E-state index contributed by atoms with van der Waals surface area (Å²) in [5.74, 6) is 0. The lowest BCUT2D eigenvalue weighted by atomic mass is 10.1. The molecule has 0 saturated heterocycles. The van der Waals surface area contributed by atoms with E-state index in [0.717, 1.165) is 19.6 Å². The number of hydrogen-bond acceptors (Lipinski definition) is 3. The molecule has 1 N–H and O–H groups in total. The van der Waals surface area contributed by atoms with E-state index < -0.39 is 0 Å². The molecule has 0 amide bonds. The molecule has 1 aromatic carbocycles. The molecule has 2 heterocycles. The number of benzene rings is 1. The van der Waals surface area contributed by atoms with E-state index in [1.807, 2.05) is 18.7 Å². The number of nitrogens with one attached hydrogen (secondary N) is 1. The fourth-order valence-corrected chi connectivity index (χ4v) is 2.46. The average Bonchev–Trinajstić information content (AvgIpc) is 2.91. The molecule has 94 valence electrons. The Kier molecular flexibility index (Phi) is 2.92. The number of rotatable bonds is 3. The van der Waals surface area contributed by atoms with Gasteiger partial charge in [-0.1, -0.05) is 12.1 Å². The van der Waals surface area contributed by atoms with Gasteiger partial charge in [0.2, 0.25) is 0 Å². The largest absolute Gasteiger partial charge is 0.381 e. The number of imidazole rings is 1. The Morgan fingerprint density at radius 1 is 1.33 bits per heavy atom. The van der Waals surface area contributed by atoms with Crippen molar-refractivity contribution in [2.24, 2.45) is 0 Å². The fraction of sp³-hybridized carbons (Fsp3) is 0.357. The molecule has 4 nitrogen and oxygen atoms in total. The zero-order valence-electron chi connectivity index (χ0n) is 10.6. The predicted octanol–water partition coefficient (Wildman–Crippen LogP) is 2.20. The van der Waals surface area contributed by atoms with Gasteiger partial charge in [-0.15, -0.1) is 0 Å². The maximum atomic E-state index is 4.08. The first-order valence-corrected chi connectivity index (χ1v) is 6.40. The molecule has 0 radical (unpaired) electrons. The number of nitrogens with zero attached hydrogens (tertiary/aromatic N) is 3. The average molecular weight is 242 g/mol. The number of hydrogen-bond donors (Lipinski definition) is 1. The summed E-state index contributed by atoms with van der Waals surface area (Å²) in [6.45, 7) is 5.24. The van der Waals surface area contributed by atoms with Gasteiger partial charge in [0.05, 0.1) is 17.7 Å². The topological polar surface area (TPSA) is 33.1 Å². The zero-order chi connectivity index (χ0) is 12.4. The van der Waals surface area contributed by atoms with Crippen LogP contribution in [0.3, 0.4) is 0 Å². The molecule has 2 aromatic rings. The second kappa shape index (κ2) is 4.72.